The number of rotatable bonds is 6. The molecule has 1 aliphatic heterocycles. The number of piperidine rings is 1. The van der Waals surface area contributed by atoms with E-state index in [9.17, 15) is 14.0 Å². The molecule has 1 aromatic carbocycles. The van der Waals surface area contributed by atoms with Gasteiger partial charge in [0.2, 0.25) is 11.8 Å². The van der Waals surface area contributed by atoms with E-state index in [1.807, 2.05) is 0 Å². The van der Waals surface area contributed by atoms with Crippen LogP contribution in [0.1, 0.15) is 37.8 Å². The average Bonchev–Trinajstić information content (AvgIpc) is 3.09. The number of amides is 1. The minimum Gasteiger partial charge on any atom is -0.481 e. The lowest BCUT2D eigenvalue weighted by Gasteiger charge is -2.35. The second kappa shape index (κ2) is 8.12. The number of halogens is 1. The number of carbonyl (C=O) groups excluding carboxylic acids is 1. The molecule has 1 N–H and O–H groups in total. The number of nitrogens with zero attached hydrogens (tertiary/aromatic N) is 2. The Morgan fingerprint density at radius 2 is 2.04 bits per heavy atom. The zero-order valence-corrected chi connectivity index (χ0v) is 14.4. The summed E-state index contributed by atoms with van der Waals surface area (Å²) in [7, 11) is 0. The van der Waals surface area contributed by atoms with Crippen LogP contribution in [0.5, 0.6) is 0 Å². The lowest BCUT2D eigenvalue weighted by atomic mass is 9.97. The molecule has 0 saturated carbocycles. The maximum absolute atomic E-state index is 13.0. The number of carboxylic acid groups (broad SMARTS) is 1. The van der Waals surface area contributed by atoms with Crippen LogP contribution in [-0.2, 0) is 16.0 Å². The predicted octanol–water partition coefficient (Wildman–Crippen LogP) is 3.27. The SMILES string of the molecule is O=C(O)CC[C@@H]1CCCCN1C(=O)Cc1coc(-c2ccc(F)cc2)n1. The van der Waals surface area contributed by atoms with E-state index >= 15 is 0 Å². The Hall–Kier alpha value is -2.70. The van der Waals surface area contributed by atoms with Gasteiger partial charge in [-0.25, -0.2) is 9.37 Å². The summed E-state index contributed by atoms with van der Waals surface area (Å²) in [5, 5.41) is 8.88. The van der Waals surface area contributed by atoms with Crippen molar-refractivity contribution in [2.24, 2.45) is 0 Å². The molecule has 1 aliphatic rings. The van der Waals surface area contributed by atoms with Crippen molar-refractivity contribution in [3.63, 3.8) is 0 Å². The van der Waals surface area contributed by atoms with Gasteiger partial charge in [0.05, 0.1) is 12.1 Å². The maximum Gasteiger partial charge on any atom is 0.303 e. The van der Waals surface area contributed by atoms with Crippen molar-refractivity contribution in [1.82, 2.24) is 9.88 Å². The Bertz CT molecular complexity index is 772. The van der Waals surface area contributed by atoms with Gasteiger partial charge >= 0.3 is 5.97 Å². The van der Waals surface area contributed by atoms with Gasteiger partial charge in [0.15, 0.2) is 0 Å². The molecule has 1 saturated heterocycles. The second-order valence-electron chi connectivity index (χ2n) is 6.50. The summed E-state index contributed by atoms with van der Waals surface area (Å²) in [6.45, 7) is 0.645. The third-order valence-electron chi connectivity index (χ3n) is 4.61. The predicted molar refractivity (Wildman–Crippen MR) is 91.8 cm³/mol. The fourth-order valence-corrected chi connectivity index (χ4v) is 3.29. The Kier molecular flexibility index (Phi) is 5.65. The van der Waals surface area contributed by atoms with Crippen LogP contribution in [0.2, 0.25) is 0 Å². The lowest BCUT2D eigenvalue weighted by molar-refractivity contribution is -0.139. The van der Waals surface area contributed by atoms with Crippen LogP contribution < -0.4 is 0 Å². The van der Waals surface area contributed by atoms with Crippen molar-refractivity contribution in [3.05, 3.63) is 42.0 Å². The summed E-state index contributed by atoms with van der Waals surface area (Å²) in [5.41, 5.74) is 1.15. The molecule has 0 spiro atoms. The summed E-state index contributed by atoms with van der Waals surface area (Å²) >= 11 is 0. The summed E-state index contributed by atoms with van der Waals surface area (Å²) in [4.78, 5) is 29.6. The average molecular weight is 360 g/mol. The standard InChI is InChI=1S/C19H21FN2O4/c20-14-6-4-13(5-7-14)19-21-15(12-26-19)11-17(23)22-10-2-1-3-16(22)8-9-18(24)25/h4-7,12,16H,1-3,8-11H2,(H,24,25)/t16-/m0/s1. The summed E-state index contributed by atoms with van der Waals surface area (Å²) in [6, 6.07) is 5.76. The van der Waals surface area contributed by atoms with E-state index < -0.39 is 5.97 Å². The largest absolute Gasteiger partial charge is 0.481 e. The molecular weight excluding hydrogens is 339 g/mol. The Labute approximate surface area is 150 Å². The number of carboxylic acids is 1. The van der Waals surface area contributed by atoms with E-state index in [2.05, 4.69) is 4.98 Å². The highest BCUT2D eigenvalue weighted by Crippen LogP contribution is 2.23. The Morgan fingerprint density at radius 3 is 2.77 bits per heavy atom. The second-order valence-corrected chi connectivity index (χ2v) is 6.50. The van der Waals surface area contributed by atoms with Crippen LogP contribution in [0, 0.1) is 5.82 Å². The Morgan fingerprint density at radius 1 is 1.27 bits per heavy atom. The molecule has 0 radical (unpaired) electrons. The first-order valence-electron chi connectivity index (χ1n) is 8.74. The number of likely N-dealkylation sites (tertiary alicyclic amines) is 1. The molecule has 26 heavy (non-hydrogen) atoms. The normalized spacial score (nSPS) is 17.3. The fourth-order valence-electron chi connectivity index (χ4n) is 3.29. The van der Waals surface area contributed by atoms with E-state index in [1.54, 1.807) is 17.0 Å². The van der Waals surface area contributed by atoms with Crippen molar-refractivity contribution in [2.45, 2.75) is 44.6 Å². The van der Waals surface area contributed by atoms with Gasteiger partial charge in [0, 0.05) is 24.6 Å². The van der Waals surface area contributed by atoms with Crippen LogP contribution in [-0.4, -0.2) is 39.5 Å². The molecule has 1 atom stereocenters. The van der Waals surface area contributed by atoms with E-state index in [-0.39, 0.29) is 30.6 Å². The van der Waals surface area contributed by atoms with E-state index in [0.29, 0.717) is 30.1 Å². The number of hydrogen-bond donors (Lipinski definition) is 1. The zero-order chi connectivity index (χ0) is 18.5. The van der Waals surface area contributed by atoms with Gasteiger partial charge in [0.1, 0.15) is 12.1 Å². The number of aliphatic carboxylic acids is 1. The van der Waals surface area contributed by atoms with E-state index in [0.717, 1.165) is 19.3 Å². The summed E-state index contributed by atoms with van der Waals surface area (Å²) in [5.74, 6) is -0.912. The topological polar surface area (TPSA) is 83.6 Å². The van der Waals surface area contributed by atoms with Crippen LogP contribution in [0.25, 0.3) is 11.5 Å². The van der Waals surface area contributed by atoms with Crippen LogP contribution in [0.4, 0.5) is 4.39 Å². The van der Waals surface area contributed by atoms with Gasteiger partial charge in [0.25, 0.3) is 0 Å². The lowest BCUT2D eigenvalue weighted by Crippen LogP contribution is -2.44. The van der Waals surface area contributed by atoms with Gasteiger partial charge < -0.3 is 14.4 Å². The van der Waals surface area contributed by atoms with Crippen molar-refractivity contribution < 1.29 is 23.5 Å². The smallest absolute Gasteiger partial charge is 0.303 e. The third kappa shape index (κ3) is 4.47. The number of carbonyl (C=O) groups is 2. The van der Waals surface area contributed by atoms with E-state index in [4.69, 9.17) is 9.52 Å². The molecule has 0 bridgehead atoms. The monoisotopic (exact) mass is 360 g/mol. The molecule has 1 fully saturated rings. The van der Waals surface area contributed by atoms with Crippen molar-refractivity contribution >= 4 is 11.9 Å². The number of oxazole rings is 1. The number of aromatic nitrogens is 1. The summed E-state index contributed by atoms with van der Waals surface area (Å²) in [6.07, 6.45) is 4.84. The van der Waals surface area contributed by atoms with E-state index in [1.165, 1.54) is 18.4 Å². The molecule has 2 aromatic rings. The van der Waals surface area contributed by atoms with Crippen LogP contribution >= 0.6 is 0 Å². The molecule has 1 amide bonds. The molecular formula is C19H21FN2O4. The Balaban J connectivity index is 1.65. The van der Waals surface area contributed by atoms with Crippen molar-refractivity contribution in [2.75, 3.05) is 6.54 Å². The van der Waals surface area contributed by atoms with Crippen molar-refractivity contribution in [1.29, 1.82) is 0 Å². The first kappa shape index (κ1) is 18.1. The molecule has 3 rings (SSSR count). The first-order chi connectivity index (χ1) is 12.5. The third-order valence-corrected chi connectivity index (χ3v) is 4.61. The summed E-state index contributed by atoms with van der Waals surface area (Å²) < 4.78 is 18.4. The van der Waals surface area contributed by atoms with Gasteiger partial charge in [-0.05, 0) is 49.9 Å². The highest BCUT2D eigenvalue weighted by Gasteiger charge is 2.27. The number of benzene rings is 1. The first-order valence-corrected chi connectivity index (χ1v) is 8.74. The minimum atomic E-state index is -0.844. The quantitative estimate of drug-likeness (QED) is 0.855. The minimum absolute atomic E-state index is 0.0316. The van der Waals surface area contributed by atoms with Gasteiger partial charge in [-0.3, -0.25) is 9.59 Å². The molecule has 7 heteroatoms. The molecule has 0 aliphatic carbocycles. The highest BCUT2D eigenvalue weighted by atomic mass is 19.1. The zero-order valence-electron chi connectivity index (χ0n) is 14.4. The van der Waals surface area contributed by atoms with Gasteiger partial charge in [-0.1, -0.05) is 0 Å². The molecule has 138 valence electrons. The molecule has 1 aromatic heterocycles. The number of hydrogen-bond acceptors (Lipinski definition) is 4. The van der Waals surface area contributed by atoms with Crippen LogP contribution in [0.15, 0.2) is 34.9 Å². The highest BCUT2D eigenvalue weighted by molar-refractivity contribution is 5.79. The van der Waals surface area contributed by atoms with Crippen LogP contribution in [0.3, 0.4) is 0 Å². The molecule has 2 heterocycles. The molecule has 6 nitrogen and oxygen atoms in total. The molecule has 0 unspecified atom stereocenters. The van der Waals surface area contributed by atoms with Crippen molar-refractivity contribution in [3.8, 4) is 11.5 Å². The fraction of sp³-hybridized carbons (Fsp3) is 0.421. The maximum atomic E-state index is 13.0. The van der Waals surface area contributed by atoms with Gasteiger partial charge in [-0.15, -0.1) is 0 Å². The van der Waals surface area contributed by atoms with Gasteiger partial charge in [-0.2, -0.15) is 0 Å².